The van der Waals surface area contributed by atoms with E-state index < -0.39 is 5.97 Å². The van der Waals surface area contributed by atoms with Crippen molar-refractivity contribution in [1.29, 1.82) is 0 Å². The summed E-state index contributed by atoms with van der Waals surface area (Å²) in [5, 5.41) is 12.7. The van der Waals surface area contributed by atoms with Crippen LogP contribution in [0.3, 0.4) is 0 Å². The molecule has 0 atom stereocenters. The van der Waals surface area contributed by atoms with Crippen molar-refractivity contribution >= 4 is 17.7 Å². The Labute approximate surface area is 101 Å². The quantitative estimate of drug-likeness (QED) is 0.830. The van der Waals surface area contributed by atoms with E-state index in [-0.39, 0.29) is 17.3 Å². The summed E-state index contributed by atoms with van der Waals surface area (Å²) in [6.45, 7) is 2.03. The van der Waals surface area contributed by atoms with Gasteiger partial charge in [0, 0.05) is 0 Å². The molecule has 0 unspecified atom stereocenters. The van der Waals surface area contributed by atoms with E-state index in [0.29, 0.717) is 11.6 Å². The van der Waals surface area contributed by atoms with Crippen LogP contribution in [0.25, 0.3) is 11.6 Å². The molecule has 17 heavy (non-hydrogen) atoms. The van der Waals surface area contributed by atoms with Gasteiger partial charge in [0.1, 0.15) is 5.69 Å². The molecule has 0 amide bonds. The zero-order valence-electron chi connectivity index (χ0n) is 9.01. The van der Waals surface area contributed by atoms with Crippen LogP contribution in [-0.2, 0) is 5.75 Å². The predicted octanol–water partition coefficient (Wildman–Crippen LogP) is 1.41. The minimum atomic E-state index is -1.14. The summed E-state index contributed by atoms with van der Waals surface area (Å²) in [6.07, 6.45) is 1.28. The fraction of sp³-hybridized carbons (Fsp3) is 0.333. The molecule has 0 saturated carbocycles. The Morgan fingerprint density at radius 3 is 3.18 bits per heavy atom. The minimum absolute atomic E-state index is 0.122. The molecule has 2 N–H and O–H groups in total. The van der Waals surface area contributed by atoms with Crippen molar-refractivity contribution in [2.24, 2.45) is 0 Å². The molecule has 0 fully saturated rings. The molecule has 7 nitrogen and oxygen atoms in total. The largest absolute Gasteiger partial charge is 0.476 e. The van der Waals surface area contributed by atoms with Gasteiger partial charge in [0.2, 0.25) is 0 Å². The average Bonchev–Trinajstić information content (AvgIpc) is 2.94. The SMILES string of the molecule is CCSCc1noc(-c2[nH]cnc2C(=O)O)n1. The first-order valence-corrected chi connectivity index (χ1v) is 6.05. The molecule has 8 heteroatoms. The molecule has 0 saturated heterocycles. The van der Waals surface area contributed by atoms with E-state index >= 15 is 0 Å². The van der Waals surface area contributed by atoms with Gasteiger partial charge in [-0.05, 0) is 5.75 Å². The molecule has 2 rings (SSSR count). The molecular weight excluding hydrogens is 244 g/mol. The zero-order chi connectivity index (χ0) is 12.3. The second-order valence-electron chi connectivity index (χ2n) is 3.08. The molecule has 0 spiro atoms. The molecule has 2 heterocycles. The van der Waals surface area contributed by atoms with Crippen LogP contribution >= 0.6 is 11.8 Å². The number of nitrogens with zero attached hydrogens (tertiary/aromatic N) is 3. The summed E-state index contributed by atoms with van der Waals surface area (Å²) in [5.74, 6) is 1.14. The highest BCUT2D eigenvalue weighted by Crippen LogP contribution is 2.19. The highest BCUT2D eigenvalue weighted by Gasteiger charge is 2.19. The number of aromatic amines is 1. The number of aromatic nitrogens is 4. The molecule has 0 aliphatic rings. The molecule has 2 aromatic rings. The number of H-pyrrole nitrogens is 1. The van der Waals surface area contributed by atoms with E-state index in [0.717, 1.165) is 5.75 Å². The van der Waals surface area contributed by atoms with Gasteiger partial charge in [-0.15, -0.1) is 0 Å². The minimum Gasteiger partial charge on any atom is -0.476 e. The van der Waals surface area contributed by atoms with Crippen LogP contribution in [0.1, 0.15) is 23.2 Å². The Bertz CT molecular complexity index is 522. The first-order chi connectivity index (χ1) is 8.22. The standard InChI is InChI=1S/C9H10N4O3S/c1-2-17-3-5-12-8(16-13-5)6-7(9(14)15)11-4-10-6/h4H,2-3H2,1H3,(H,10,11)(H,14,15). The number of carbonyl (C=O) groups is 1. The van der Waals surface area contributed by atoms with Crippen LogP contribution in [0.2, 0.25) is 0 Å². The third kappa shape index (κ3) is 2.47. The van der Waals surface area contributed by atoms with Gasteiger partial charge in [-0.1, -0.05) is 12.1 Å². The van der Waals surface area contributed by atoms with Crippen molar-refractivity contribution in [3.8, 4) is 11.6 Å². The fourth-order valence-electron chi connectivity index (χ4n) is 1.23. The lowest BCUT2D eigenvalue weighted by Gasteiger charge is -1.91. The van der Waals surface area contributed by atoms with E-state index in [9.17, 15) is 4.79 Å². The van der Waals surface area contributed by atoms with Crippen molar-refractivity contribution in [3.05, 3.63) is 17.8 Å². The lowest BCUT2D eigenvalue weighted by molar-refractivity contribution is 0.0691. The summed E-state index contributed by atoms with van der Waals surface area (Å²) < 4.78 is 4.99. The van der Waals surface area contributed by atoms with Crippen LogP contribution in [0.15, 0.2) is 10.9 Å². The van der Waals surface area contributed by atoms with E-state index in [1.165, 1.54) is 6.33 Å². The van der Waals surface area contributed by atoms with Crippen LogP contribution in [0.5, 0.6) is 0 Å². The third-order valence-electron chi connectivity index (χ3n) is 1.96. The molecule has 0 radical (unpaired) electrons. The Morgan fingerprint density at radius 2 is 2.47 bits per heavy atom. The summed E-state index contributed by atoms with van der Waals surface area (Å²) in [7, 11) is 0. The predicted molar refractivity (Wildman–Crippen MR) is 60.7 cm³/mol. The Kier molecular flexibility index (Phi) is 3.43. The Morgan fingerprint density at radius 1 is 1.65 bits per heavy atom. The van der Waals surface area contributed by atoms with Crippen LogP contribution < -0.4 is 0 Å². The summed E-state index contributed by atoms with van der Waals surface area (Å²) in [6, 6.07) is 0. The van der Waals surface area contributed by atoms with Crippen LogP contribution in [0, 0.1) is 0 Å². The third-order valence-corrected chi connectivity index (χ3v) is 2.83. The molecule has 0 bridgehead atoms. The average molecular weight is 254 g/mol. The van der Waals surface area contributed by atoms with Gasteiger partial charge in [-0.3, -0.25) is 0 Å². The number of thioether (sulfide) groups is 1. The van der Waals surface area contributed by atoms with Crippen molar-refractivity contribution in [1.82, 2.24) is 20.1 Å². The molecule has 0 aromatic carbocycles. The maximum absolute atomic E-state index is 10.9. The maximum atomic E-state index is 10.9. The second kappa shape index (κ2) is 5.00. The van der Waals surface area contributed by atoms with E-state index in [1.807, 2.05) is 6.92 Å². The van der Waals surface area contributed by atoms with Crippen molar-refractivity contribution in [2.45, 2.75) is 12.7 Å². The molecule has 0 aliphatic heterocycles. The molecular formula is C9H10N4O3S. The van der Waals surface area contributed by atoms with Crippen LogP contribution in [-0.4, -0.2) is 36.9 Å². The molecule has 2 aromatic heterocycles. The lowest BCUT2D eigenvalue weighted by Crippen LogP contribution is -1.99. The van der Waals surface area contributed by atoms with Gasteiger partial charge in [0.15, 0.2) is 11.5 Å². The Balaban J connectivity index is 2.24. The van der Waals surface area contributed by atoms with Gasteiger partial charge in [-0.2, -0.15) is 16.7 Å². The fourth-order valence-corrected chi connectivity index (χ4v) is 1.73. The normalized spacial score (nSPS) is 10.6. The van der Waals surface area contributed by atoms with Gasteiger partial charge in [0.05, 0.1) is 12.1 Å². The molecule has 0 aliphatic carbocycles. The summed E-state index contributed by atoms with van der Waals surface area (Å²) in [5.41, 5.74) is 0.112. The van der Waals surface area contributed by atoms with Gasteiger partial charge in [0.25, 0.3) is 5.89 Å². The number of carboxylic acid groups (broad SMARTS) is 1. The van der Waals surface area contributed by atoms with E-state index in [4.69, 9.17) is 9.63 Å². The van der Waals surface area contributed by atoms with Gasteiger partial charge >= 0.3 is 5.97 Å². The van der Waals surface area contributed by atoms with Crippen molar-refractivity contribution in [2.75, 3.05) is 5.75 Å². The van der Waals surface area contributed by atoms with Gasteiger partial charge < -0.3 is 14.6 Å². The highest BCUT2D eigenvalue weighted by molar-refractivity contribution is 7.98. The first kappa shape index (κ1) is 11.6. The maximum Gasteiger partial charge on any atom is 0.356 e. The van der Waals surface area contributed by atoms with Crippen LogP contribution in [0.4, 0.5) is 0 Å². The number of hydrogen-bond donors (Lipinski definition) is 2. The topological polar surface area (TPSA) is 105 Å². The zero-order valence-corrected chi connectivity index (χ0v) is 9.82. The lowest BCUT2D eigenvalue weighted by atomic mass is 10.3. The van der Waals surface area contributed by atoms with E-state index in [2.05, 4.69) is 20.1 Å². The van der Waals surface area contributed by atoms with Gasteiger partial charge in [-0.25, -0.2) is 9.78 Å². The monoisotopic (exact) mass is 254 g/mol. The van der Waals surface area contributed by atoms with Crippen molar-refractivity contribution in [3.63, 3.8) is 0 Å². The summed E-state index contributed by atoms with van der Waals surface area (Å²) >= 11 is 1.66. The summed E-state index contributed by atoms with van der Waals surface area (Å²) in [4.78, 5) is 21.3. The molecule has 90 valence electrons. The number of nitrogens with one attached hydrogen (secondary N) is 1. The number of imidazole rings is 1. The van der Waals surface area contributed by atoms with E-state index in [1.54, 1.807) is 11.8 Å². The Hall–Kier alpha value is -1.83. The highest BCUT2D eigenvalue weighted by atomic mass is 32.2. The number of hydrogen-bond acceptors (Lipinski definition) is 6. The first-order valence-electron chi connectivity index (χ1n) is 4.89. The number of carboxylic acids is 1. The number of aromatic carboxylic acids is 1. The smallest absolute Gasteiger partial charge is 0.356 e. The number of rotatable bonds is 5. The van der Waals surface area contributed by atoms with Crippen molar-refractivity contribution < 1.29 is 14.4 Å². The second-order valence-corrected chi connectivity index (χ2v) is 4.36.